The first-order valence-electron chi connectivity index (χ1n) is 6.94. The molecule has 0 fully saturated rings. The Morgan fingerprint density at radius 2 is 1.11 bits per heavy atom. The van der Waals surface area contributed by atoms with Crippen molar-refractivity contribution in [1.29, 1.82) is 0 Å². The first-order chi connectivity index (χ1) is 8.65. The van der Waals surface area contributed by atoms with Gasteiger partial charge in [0.1, 0.15) is 0 Å². The summed E-state index contributed by atoms with van der Waals surface area (Å²) in [7, 11) is -2.92. The van der Waals surface area contributed by atoms with E-state index < -0.39 is 7.32 Å². The van der Waals surface area contributed by atoms with E-state index in [0.717, 1.165) is 32.0 Å². The number of hydrogen-bond donors (Lipinski definition) is 0. The molecule has 0 saturated heterocycles. The normalized spacial score (nSPS) is 9.89. The first kappa shape index (κ1) is 21.8. The van der Waals surface area contributed by atoms with Crippen molar-refractivity contribution in [2.75, 3.05) is 5.75 Å². The Hall–Kier alpha value is 1.49. The summed E-state index contributed by atoms with van der Waals surface area (Å²) in [4.78, 5) is 0. The van der Waals surface area contributed by atoms with Crippen molar-refractivity contribution in [3.63, 3.8) is 0 Å². The Labute approximate surface area is 137 Å². The summed E-state index contributed by atoms with van der Waals surface area (Å²) in [5.74, 6) is 1.43. The topological polar surface area (TPSA) is 69.2 Å². The molecule has 0 aliphatic heterocycles. The molecule has 0 heterocycles. The second kappa shape index (κ2) is 20.8. The van der Waals surface area contributed by atoms with E-state index in [-0.39, 0.29) is 0 Å². The molecule has 0 unspecified atom stereocenters. The Bertz CT molecular complexity index is 128. The summed E-state index contributed by atoms with van der Waals surface area (Å²) in [6.45, 7) is 4.43. The maximum absolute atomic E-state index is 8.42. The van der Waals surface area contributed by atoms with Crippen molar-refractivity contribution >= 4 is 14.0 Å². The molecule has 0 aromatic rings. The average Bonchev–Trinajstić information content (AvgIpc) is 2.31. The van der Waals surface area contributed by atoms with Crippen molar-refractivity contribution in [2.45, 2.75) is 71.1 Å². The van der Waals surface area contributed by atoms with Crippen LogP contribution < -0.4 is 15.1 Å². The van der Waals surface area contributed by atoms with Crippen molar-refractivity contribution in [2.24, 2.45) is 0 Å². The van der Waals surface area contributed by atoms with Crippen LogP contribution in [0.4, 0.5) is 0 Å². The second-order valence-electron chi connectivity index (χ2n) is 4.34. The van der Waals surface area contributed by atoms with Crippen LogP contribution in [0.3, 0.4) is 0 Å². The monoisotopic (exact) mass is 399 g/mol. The Kier molecular flexibility index (Phi) is 25.2. The number of unbranched alkanes of at least 4 members (excludes halogenated alkanes) is 9. The van der Waals surface area contributed by atoms with Gasteiger partial charge in [0.25, 0.3) is 0 Å². The van der Waals surface area contributed by atoms with E-state index in [1.54, 1.807) is 0 Å². The maximum atomic E-state index is 8.42. The predicted octanol–water partition coefficient (Wildman–Crippen LogP) is 1.16. The Balaban J connectivity index is 0. The largest absolute Gasteiger partial charge is 0.907 e. The van der Waals surface area contributed by atoms with Crippen LogP contribution in [0.1, 0.15) is 71.1 Å². The maximum Gasteiger partial charge on any atom is -0.278 e. The van der Waals surface area contributed by atoms with E-state index in [1.807, 2.05) is 0 Å². The van der Waals surface area contributed by atoms with Gasteiger partial charge in [-0.15, -0.1) is 0 Å². The molecule has 18 heavy (non-hydrogen) atoms. The fourth-order valence-electron chi connectivity index (χ4n) is 1.67. The minimum Gasteiger partial charge on any atom is -0.907 e. The summed E-state index contributed by atoms with van der Waals surface area (Å²) in [6, 6.07) is 0. The molecule has 0 aromatic heterocycles. The van der Waals surface area contributed by atoms with Crippen LogP contribution >= 0.6 is 6.72 Å². The van der Waals surface area contributed by atoms with Crippen molar-refractivity contribution in [1.82, 2.24) is 0 Å². The smallest absolute Gasteiger partial charge is 0.278 e. The molecule has 0 atom stereocenters. The van der Waals surface area contributed by atoms with Crippen LogP contribution in [-0.4, -0.2) is 13.1 Å². The first-order valence-corrected chi connectivity index (χ1v) is 12.4. The molecule has 103 valence electrons. The van der Waals surface area contributed by atoms with Crippen LogP contribution in [0.5, 0.6) is 0 Å². The summed E-state index contributed by atoms with van der Waals surface area (Å²) < 4.78 is 0. The molecule has 0 rings (SSSR count). The summed E-state index contributed by atoms with van der Waals surface area (Å²) >= 11 is 1.15. The van der Waals surface area contributed by atoms with Gasteiger partial charge in [-0.2, -0.15) is 0 Å². The molecule has 0 radical (unpaired) electrons. The van der Waals surface area contributed by atoms with Gasteiger partial charge in [-0.1, -0.05) is 6.92 Å². The van der Waals surface area contributed by atoms with Crippen molar-refractivity contribution in [3.8, 4) is 0 Å². The van der Waals surface area contributed by atoms with E-state index in [9.17, 15) is 0 Å². The van der Waals surface area contributed by atoms with Crippen LogP contribution in [0.15, 0.2) is 0 Å². The van der Waals surface area contributed by atoms with Gasteiger partial charge in [0, 0.05) is 0 Å². The number of rotatable bonds is 11. The Morgan fingerprint density at radius 3 is 1.44 bits per heavy atom. The molecule has 0 aliphatic rings. The summed E-state index contributed by atoms with van der Waals surface area (Å²) in [5, 5.41) is 25.2. The van der Waals surface area contributed by atoms with E-state index in [2.05, 4.69) is 13.6 Å². The zero-order valence-corrected chi connectivity index (χ0v) is 16.0. The van der Waals surface area contributed by atoms with Gasteiger partial charge in [0.05, 0.1) is 0 Å². The summed E-state index contributed by atoms with van der Waals surface area (Å²) in [5.41, 5.74) is 0. The van der Waals surface area contributed by atoms with Gasteiger partial charge in [-0.05, 0) is 0 Å². The fourth-order valence-corrected chi connectivity index (χ4v) is 3.61. The Morgan fingerprint density at radius 1 is 0.778 bits per heavy atom. The van der Waals surface area contributed by atoms with E-state index >= 15 is 0 Å². The zero-order chi connectivity index (χ0) is 14.1. The molecular weight excluding hydrogens is 374 g/mol. The SMILES string of the molecule is CCCCCCCCCCCC[S][La+3].[O-]B([O-])[O-]. The molecule has 0 N–H and O–H groups in total. The third-order valence-corrected chi connectivity index (χ3v) is 5.36. The molecular formula is C12H25BLaO3S. The molecule has 6 heteroatoms. The molecule has 0 bridgehead atoms. The van der Waals surface area contributed by atoms with Gasteiger partial charge in [0.15, 0.2) is 0 Å². The average molecular weight is 399 g/mol. The standard InChI is InChI=1S/C12H26S.BO3.La/c1-2-3-4-5-6-7-8-9-10-11-12-13;2-1(3)4;/h13H,2-12H2,1H3;;/q;-3;+4/p-1. The summed E-state index contributed by atoms with van der Waals surface area (Å²) in [6.07, 6.45) is 14.7. The molecule has 0 saturated carbocycles. The molecule has 0 aromatic carbocycles. The molecule has 0 spiro atoms. The predicted molar refractivity (Wildman–Crippen MR) is 70.1 cm³/mol. The molecule has 3 nitrogen and oxygen atoms in total. The van der Waals surface area contributed by atoms with E-state index in [4.69, 9.17) is 15.1 Å². The minimum atomic E-state index is -2.92. The van der Waals surface area contributed by atoms with Crippen molar-refractivity contribution < 1.29 is 47.0 Å². The third-order valence-electron chi connectivity index (χ3n) is 2.62. The van der Waals surface area contributed by atoms with Crippen molar-refractivity contribution in [3.05, 3.63) is 0 Å². The van der Waals surface area contributed by atoms with Gasteiger partial charge < -0.3 is 15.1 Å². The van der Waals surface area contributed by atoms with E-state index in [0.29, 0.717) is 0 Å². The minimum absolute atomic E-state index is 1.15. The van der Waals surface area contributed by atoms with Crippen LogP contribution in [0.2, 0.25) is 0 Å². The quantitative estimate of drug-likeness (QED) is 0.386. The third kappa shape index (κ3) is 30.5. The number of hydrogen-bond acceptors (Lipinski definition) is 4. The van der Waals surface area contributed by atoms with Gasteiger partial charge in [-0.25, -0.2) is 0 Å². The van der Waals surface area contributed by atoms with Gasteiger partial charge in [-0.3, -0.25) is 7.32 Å². The van der Waals surface area contributed by atoms with Crippen LogP contribution in [-0.2, 0) is 0 Å². The zero-order valence-electron chi connectivity index (χ0n) is 11.6. The molecule has 0 aliphatic carbocycles. The van der Waals surface area contributed by atoms with Gasteiger partial charge in [0.2, 0.25) is 0 Å². The molecule has 0 amide bonds. The fraction of sp³-hybridized carbons (Fsp3) is 1.00. The van der Waals surface area contributed by atoms with Crippen LogP contribution in [0.25, 0.3) is 0 Å². The van der Waals surface area contributed by atoms with Gasteiger partial charge >= 0.3 is 109 Å². The van der Waals surface area contributed by atoms with E-state index in [1.165, 1.54) is 70.0 Å². The van der Waals surface area contributed by atoms with Crippen LogP contribution in [0, 0.1) is 32.0 Å². The second-order valence-corrected chi connectivity index (χ2v) is 8.22.